The highest BCUT2D eigenvalue weighted by atomic mass is 16.5. The first-order chi connectivity index (χ1) is 15.9. The van der Waals surface area contributed by atoms with E-state index in [0.29, 0.717) is 17.0 Å². The van der Waals surface area contributed by atoms with Crippen molar-refractivity contribution in [2.45, 2.75) is 20.8 Å². The molecule has 2 N–H and O–H groups in total. The first kappa shape index (κ1) is 23.3. The van der Waals surface area contributed by atoms with Gasteiger partial charge in [-0.2, -0.15) is 5.26 Å². The van der Waals surface area contributed by atoms with Crippen LogP contribution in [0.25, 0.3) is 6.08 Å². The Morgan fingerprint density at radius 2 is 1.55 bits per heavy atom. The van der Waals surface area contributed by atoms with E-state index in [2.05, 4.69) is 10.6 Å². The lowest BCUT2D eigenvalue weighted by molar-refractivity contribution is -0.118. The van der Waals surface area contributed by atoms with E-state index < -0.39 is 5.91 Å². The topological polar surface area (TPSA) is 91.2 Å². The second-order valence-corrected chi connectivity index (χ2v) is 7.56. The molecule has 3 aromatic rings. The summed E-state index contributed by atoms with van der Waals surface area (Å²) in [7, 11) is 0. The number of ether oxygens (including phenoxy) is 1. The molecule has 0 aromatic heterocycles. The maximum atomic E-state index is 12.6. The fraction of sp³-hybridized carbons (Fsp3) is 0.148. The molecule has 0 saturated carbocycles. The van der Waals surface area contributed by atoms with E-state index in [1.165, 1.54) is 6.08 Å². The molecule has 0 radical (unpaired) electrons. The summed E-state index contributed by atoms with van der Waals surface area (Å²) in [5.41, 5.74) is 4.78. The third-order valence-corrected chi connectivity index (χ3v) is 5.21. The molecule has 0 saturated heterocycles. The second-order valence-electron chi connectivity index (χ2n) is 7.56. The van der Waals surface area contributed by atoms with Crippen LogP contribution >= 0.6 is 0 Å². The van der Waals surface area contributed by atoms with Crippen molar-refractivity contribution in [3.05, 3.63) is 94.6 Å². The van der Waals surface area contributed by atoms with Crippen molar-refractivity contribution in [1.29, 1.82) is 5.26 Å². The Kier molecular flexibility index (Phi) is 7.61. The first-order valence-corrected chi connectivity index (χ1v) is 10.5. The summed E-state index contributed by atoms with van der Waals surface area (Å²) in [5.74, 6) is -0.431. The van der Waals surface area contributed by atoms with Crippen LogP contribution in [0.2, 0.25) is 0 Å². The molecule has 0 unspecified atom stereocenters. The predicted octanol–water partition coefficient (Wildman–Crippen LogP) is 5.18. The number of nitrogens with one attached hydrogen (secondary N) is 2. The smallest absolute Gasteiger partial charge is 0.266 e. The van der Waals surface area contributed by atoms with E-state index in [1.807, 2.05) is 63.2 Å². The van der Waals surface area contributed by atoms with E-state index in [9.17, 15) is 14.9 Å². The van der Waals surface area contributed by atoms with Gasteiger partial charge < -0.3 is 15.4 Å². The van der Waals surface area contributed by atoms with E-state index >= 15 is 0 Å². The number of amides is 2. The summed E-state index contributed by atoms with van der Waals surface area (Å²) in [6.45, 7) is 5.58. The zero-order valence-corrected chi connectivity index (χ0v) is 18.8. The summed E-state index contributed by atoms with van der Waals surface area (Å²) in [5, 5.41) is 15.1. The highest BCUT2D eigenvalue weighted by Gasteiger charge is 2.13. The number of nitrogens with zero attached hydrogens (tertiary/aromatic N) is 1. The van der Waals surface area contributed by atoms with Crippen LogP contribution in [0.15, 0.2) is 72.3 Å². The minimum Gasteiger partial charge on any atom is -0.483 e. The molecule has 6 nitrogen and oxygen atoms in total. The number of hydrogen-bond acceptors (Lipinski definition) is 4. The Morgan fingerprint density at radius 3 is 2.30 bits per heavy atom. The quantitative estimate of drug-likeness (QED) is 0.392. The van der Waals surface area contributed by atoms with Crippen molar-refractivity contribution >= 4 is 29.3 Å². The average Bonchev–Trinajstić information content (AvgIpc) is 2.81. The first-order valence-electron chi connectivity index (χ1n) is 10.5. The number of nitriles is 1. The number of para-hydroxylation sites is 2. The Morgan fingerprint density at radius 1 is 0.879 bits per heavy atom. The molecule has 0 aliphatic rings. The van der Waals surface area contributed by atoms with Gasteiger partial charge in [0.05, 0.1) is 0 Å². The summed E-state index contributed by atoms with van der Waals surface area (Å²) in [4.78, 5) is 25.0. The van der Waals surface area contributed by atoms with Crippen molar-refractivity contribution in [2.75, 3.05) is 17.2 Å². The fourth-order valence-electron chi connectivity index (χ4n) is 3.15. The van der Waals surface area contributed by atoms with Crippen molar-refractivity contribution in [3.8, 4) is 11.8 Å². The molecule has 0 fully saturated rings. The molecule has 0 heterocycles. The maximum Gasteiger partial charge on any atom is 0.266 e. The molecule has 6 heteroatoms. The summed E-state index contributed by atoms with van der Waals surface area (Å²) < 4.78 is 5.71. The highest BCUT2D eigenvalue weighted by molar-refractivity contribution is 6.10. The van der Waals surface area contributed by atoms with E-state index in [4.69, 9.17) is 4.74 Å². The molecule has 0 aliphatic heterocycles. The van der Waals surface area contributed by atoms with Gasteiger partial charge in [-0.1, -0.05) is 48.5 Å². The van der Waals surface area contributed by atoms with Gasteiger partial charge in [0.1, 0.15) is 17.4 Å². The molecule has 33 heavy (non-hydrogen) atoms. The van der Waals surface area contributed by atoms with E-state index in [1.54, 1.807) is 30.3 Å². The fourth-order valence-corrected chi connectivity index (χ4v) is 3.15. The van der Waals surface area contributed by atoms with Gasteiger partial charge >= 0.3 is 0 Å². The minimum absolute atomic E-state index is 0.0749. The highest BCUT2D eigenvalue weighted by Crippen LogP contribution is 2.23. The number of anilines is 2. The zero-order valence-electron chi connectivity index (χ0n) is 18.8. The minimum atomic E-state index is -0.519. The monoisotopic (exact) mass is 439 g/mol. The third-order valence-electron chi connectivity index (χ3n) is 5.21. The maximum absolute atomic E-state index is 12.6. The second kappa shape index (κ2) is 10.8. The van der Waals surface area contributed by atoms with E-state index in [-0.39, 0.29) is 18.1 Å². The van der Waals surface area contributed by atoms with E-state index in [0.717, 1.165) is 22.4 Å². The standard InChI is InChI=1S/C27H25N3O3/c1-18-10-8-13-24(20(18)3)29-26(31)17-33-25-14-7-5-11-21(25)15-22(16-28)27(32)30-23-12-6-4-9-19(23)2/h4-15H,17H2,1-3H3,(H,29,31)(H,30,32)/b22-15-. The van der Waals surface area contributed by atoms with Crippen LogP contribution in [0.5, 0.6) is 5.75 Å². The number of rotatable bonds is 7. The Balaban J connectivity index is 1.72. The van der Waals surface area contributed by atoms with Gasteiger partial charge in [0.25, 0.3) is 11.8 Å². The van der Waals surface area contributed by atoms with Crippen LogP contribution < -0.4 is 15.4 Å². The number of carbonyl (C=O) groups excluding carboxylic acids is 2. The lowest BCUT2D eigenvalue weighted by Crippen LogP contribution is -2.21. The van der Waals surface area contributed by atoms with Crippen LogP contribution in [0.4, 0.5) is 11.4 Å². The number of aryl methyl sites for hydroxylation is 2. The van der Waals surface area contributed by atoms with Gasteiger partial charge in [0.15, 0.2) is 6.61 Å². The normalized spacial score (nSPS) is 10.8. The molecule has 0 atom stereocenters. The lowest BCUT2D eigenvalue weighted by atomic mass is 10.1. The van der Waals surface area contributed by atoms with Crippen molar-refractivity contribution in [2.24, 2.45) is 0 Å². The summed E-state index contributed by atoms with van der Waals surface area (Å²) in [6.07, 6.45) is 1.45. The Labute approximate surface area is 193 Å². The van der Waals surface area contributed by atoms with Gasteiger partial charge in [-0.15, -0.1) is 0 Å². The Bertz CT molecular complexity index is 1260. The zero-order chi connectivity index (χ0) is 23.8. The van der Waals surface area contributed by atoms with Crippen molar-refractivity contribution in [1.82, 2.24) is 0 Å². The third kappa shape index (κ3) is 6.08. The van der Waals surface area contributed by atoms with Crippen LogP contribution in [0, 0.1) is 32.1 Å². The van der Waals surface area contributed by atoms with Gasteiger partial charge in [0, 0.05) is 16.9 Å². The van der Waals surface area contributed by atoms with Gasteiger partial charge in [-0.25, -0.2) is 0 Å². The summed E-state index contributed by atoms with van der Waals surface area (Å²) >= 11 is 0. The molecule has 0 bridgehead atoms. The number of benzene rings is 3. The molecule has 166 valence electrons. The van der Waals surface area contributed by atoms with Crippen LogP contribution in [0.3, 0.4) is 0 Å². The van der Waals surface area contributed by atoms with Crippen molar-refractivity contribution in [3.63, 3.8) is 0 Å². The molecule has 3 rings (SSSR count). The molecule has 0 spiro atoms. The van der Waals surface area contributed by atoms with Crippen LogP contribution in [-0.2, 0) is 9.59 Å². The largest absolute Gasteiger partial charge is 0.483 e. The van der Waals surface area contributed by atoms with Crippen molar-refractivity contribution < 1.29 is 14.3 Å². The Hall–Kier alpha value is -4.37. The number of carbonyl (C=O) groups is 2. The van der Waals surface area contributed by atoms with Gasteiger partial charge in [-0.3, -0.25) is 9.59 Å². The SMILES string of the molecule is Cc1ccccc1NC(=O)/C(C#N)=C\c1ccccc1OCC(=O)Nc1cccc(C)c1C. The van der Waals surface area contributed by atoms with Crippen LogP contribution in [-0.4, -0.2) is 18.4 Å². The molecule has 0 aliphatic carbocycles. The lowest BCUT2D eigenvalue weighted by Gasteiger charge is -2.12. The van der Waals surface area contributed by atoms with Gasteiger partial charge in [0.2, 0.25) is 0 Å². The predicted molar refractivity (Wildman–Crippen MR) is 130 cm³/mol. The molecular formula is C27H25N3O3. The van der Waals surface area contributed by atoms with Crippen LogP contribution in [0.1, 0.15) is 22.3 Å². The summed E-state index contributed by atoms with van der Waals surface area (Å²) in [6, 6.07) is 21.9. The van der Waals surface area contributed by atoms with Gasteiger partial charge in [-0.05, 0) is 61.7 Å². The number of hydrogen-bond donors (Lipinski definition) is 2. The molecule has 2 amide bonds. The average molecular weight is 440 g/mol. The molecular weight excluding hydrogens is 414 g/mol. The molecule has 3 aromatic carbocycles.